The van der Waals surface area contributed by atoms with Crippen LogP contribution in [-0.4, -0.2) is 31.5 Å². The van der Waals surface area contributed by atoms with E-state index in [0.717, 1.165) is 39.9 Å². The van der Waals surface area contributed by atoms with Crippen molar-refractivity contribution < 1.29 is 4.79 Å². The van der Waals surface area contributed by atoms with Gasteiger partial charge in [-0.1, -0.05) is 54.9 Å². The van der Waals surface area contributed by atoms with Crippen LogP contribution in [0.4, 0.5) is 0 Å². The summed E-state index contributed by atoms with van der Waals surface area (Å²) in [6.07, 6.45) is 5.48. The lowest BCUT2D eigenvalue weighted by atomic mass is 10.1. The molecule has 1 amide bonds. The number of carbonyl (C=O) groups is 1. The maximum atomic E-state index is 12.8. The quantitative estimate of drug-likeness (QED) is 0.490. The first kappa shape index (κ1) is 20.7. The molecular formula is C24H20ClN5OS. The predicted molar refractivity (Wildman–Crippen MR) is 132 cm³/mol. The van der Waals surface area contributed by atoms with Gasteiger partial charge in [0.05, 0.1) is 5.57 Å². The molecule has 2 aromatic carbocycles. The van der Waals surface area contributed by atoms with Crippen molar-refractivity contribution in [3.8, 4) is 0 Å². The van der Waals surface area contributed by atoms with Crippen molar-refractivity contribution >= 4 is 62.3 Å². The van der Waals surface area contributed by atoms with Crippen molar-refractivity contribution in [3.63, 3.8) is 0 Å². The Kier molecular flexibility index (Phi) is 5.45. The first-order chi connectivity index (χ1) is 15.5. The van der Waals surface area contributed by atoms with Crippen LogP contribution in [0.25, 0.3) is 17.0 Å². The van der Waals surface area contributed by atoms with Crippen molar-refractivity contribution in [1.82, 2.24) is 9.58 Å². The van der Waals surface area contributed by atoms with Gasteiger partial charge < -0.3 is 4.57 Å². The summed E-state index contributed by atoms with van der Waals surface area (Å²) < 4.78 is 2.11. The van der Waals surface area contributed by atoms with E-state index >= 15 is 0 Å². The van der Waals surface area contributed by atoms with Gasteiger partial charge in [-0.15, -0.1) is 0 Å². The van der Waals surface area contributed by atoms with E-state index in [1.807, 2.05) is 54.7 Å². The molecule has 2 aliphatic heterocycles. The van der Waals surface area contributed by atoms with E-state index in [2.05, 4.69) is 21.6 Å². The highest BCUT2D eigenvalue weighted by Crippen LogP contribution is 2.31. The number of carbonyl (C=O) groups excluding carboxylic acids is 1. The molecule has 3 aromatic rings. The standard InChI is InChI=1S/C24H20ClN5OS/c1-2-7-21-28-30-22(26)18(23(31)27-24(30)32-21)12-16-14-29(20-11-6-4-9-17(16)20)13-15-8-3-5-10-19(15)25/h3-6,8-12,14,26H,2,7,13H2,1H3. The van der Waals surface area contributed by atoms with Crippen LogP contribution < -0.4 is 0 Å². The van der Waals surface area contributed by atoms with Gasteiger partial charge in [0.1, 0.15) is 5.04 Å². The van der Waals surface area contributed by atoms with Crippen molar-refractivity contribution in [2.24, 2.45) is 10.1 Å². The Balaban J connectivity index is 1.55. The van der Waals surface area contributed by atoms with Crippen molar-refractivity contribution in [3.05, 3.63) is 76.5 Å². The van der Waals surface area contributed by atoms with E-state index in [1.165, 1.54) is 16.8 Å². The van der Waals surface area contributed by atoms with Gasteiger partial charge in [-0.05, 0) is 48.4 Å². The zero-order valence-corrected chi connectivity index (χ0v) is 19.0. The van der Waals surface area contributed by atoms with Crippen LogP contribution in [0.15, 0.2) is 70.4 Å². The summed E-state index contributed by atoms with van der Waals surface area (Å²) >= 11 is 7.74. The molecular weight excluding hydrogens is 442 g/mol. The number of aromatic nitrogens is 1. The summed E-state index contributed by atoms with van der Waals surface area (Å²) in [7, 11) is 0. The maximum Gasteiger partial charge on any atom is 0.283 e. The topological polar surface area (TPSA) is 73.8 Å². The molecule has 1 N–H and O–H groups in total. The van der Waals surface area contributed by atoms with Gasteiger partial charge in [0, 0.05) is 34.2 Å². The lowest BCUT2D eigenvalue weighted by Gasteiger charge is -2.20. The number of aliphatic imine (C=N–C) groups is 1. The molecule has 0 atom stereocenters. The molecule has 0 aliphatic carbocycles. The van der Waals surface area contributed by atoms with Gasteiger partial charge in [0.15, 0.2) is 5.84 Å². The number of amides is 1. The molecule has 1 aromatic heterocycles. The molecule has 0 saturated carbocycles. The van der Waals surface area contributed by atoms with Crippen LogP contribution in [0.2, 0.25) is 5.02 Å². The van der Waals surface area contributed by atoms with E-state index in [9.17, 15) is 4.79 Å². The molecule has 0 unspecified atom stereocenters. The summed E-state index contributed by atoms with van der Waals surface area (Å²) in [6, 6.07) is 15.8. The molecule has 6 nitrogen and oxygen atoms in total. The average Bonchev–Trinajstić information content (AvgIpc) is 3.34. The third-order valence-corrected chi connectivity index (χ3v) is 6.71. The number of rotatable bonds is 5. The molecule has 0 fully saturated rings. The van der Waals surface area contributed by atoms with E-state index in [1.54, 1.807) is 6.08 Å². The number of fused-ring (bicyclic) bond motifs is 2. The summed E-state index contributed by atoms with van der Waals surface area (Å²) in [5.74, 6) is -0.355. The number of nitrogens with one attached hydrogen (secondary N) is 1. The molecule has 0 bridgehead atoms. The van der Waals surface area contributed by atoms with Gasteiger partial charge in [-0.2, -0.15) is 15.1 Å². The van der Waals surface area contributed by atoms with E-state index in [-0.39, 0.29) is 11.4 Å². The highest BCUT2D eigenvalue weighted by Gasteiger charge is 2.35. The summed E-state index contributed by atoms with van der Waals surface area (Å²) in [6.45, 7) is 2.67. The third-order valence-electron chi connectivity index (χ3n) is 5.38. The van der Waals surface area contributed by atoms with Gasteiger partial charge in [0.2, 0.25) is 5.17 Å². The number of halogens is 1. The lowest BCUT2D eigenvalue weighted by molar-refractivity contribution is -0.114. The van der Waals surface area contributed by atoms with Crippen molar-refractivity contribution in [1.29, 1.82) is 5.41 Å². The molecule has 0 radical (unpaired) electrons. The summed E-state index contributed by atoms with van der Waals surface area (Å²) in [5.41, 5.74) is 3.12. The molecule has 5 rings (SSSR count). The van der Waals surface area contributed by atoms with Gasteiger partial charge >= 0.3 is 0 Å². The molecule has 0 saturated heterocycles. The third kappa shape index (κ3) is 3.67. The first-order valence-electron chi connectivity index (χ1n) is 10.4. The lowest BCUT2D eigenvalue weighted by Crippen LogP contribution is -2.35. The second-order valence-corrected chi connectivity index (χ2v) is 9.03. The first-order valence-corrected chi connectivity index (χ1v) is 11.5. The fraction of sp³-hybridized carbons (Fsp3) is 0.167. The Labute approximate surface area is 194 Å². The minimum Gasteiger partial charge on any atom is -0.342 e. The fourth-order valence-corrected chi connectivity index (χ4v) is 5.02. The minimum atomic E-state index is -0.412. The fourth-order valence-electron chi connectivity index (χ4n) is 3.83. The number of hydrogen-bond acceptors (Lipinski definition) is 4. The second kappa shape index (κ2) is 8.41. The van der Waals surface area contributed by atoms with Gasteiger partial charge in [-0.25, -0.2) is 0 Å². The summed E-state index contributed by atoms with van der Waals surface area (Å²) in [4.78, 5) is 17.0. The molecule has 32 heavy (non-hydrogen) atoms. The predicted octanol–water partition coefficient (Wildman–Crippen LogP) is 5.76. The largest absolute Gasteiger partial charge is 0.342 e. The SMILES string of the molecule is CCCC1=NN2C(=N)C(=Cc3cn(Cc4ccccc4Cl)c4ccccc34)C(=O)N=C2S1. The van der Waals surface area contributed by atoms with Crippen LogP contribution in [-0.2, 0) is 11.3 Å². The number of hydrazone groups is 1. The van der Waals surface area contributed by atoms with E-state index < -0.39 is 5.91 Å². The Morgan fingerprint density at radius 3 is 2.75 bits per heavy atom. The molecule has 0 spiro atoms. The monoisotopic (exact) mass is 461 g/mol. The Morgan fingerprint density at radius 2 is 1.94 bits per heavy atom. The minimum absolute atomic E-state index is 0.0570. The number of thioether (sulfide) groups is 1. The van der Waals surface area contributed by atoms with Crippen LogP contribution in [0.5, 0.6) is 0 Å². The second-order valence-electron chi connectivity index (χ2n) is 7.58. The molecule has 160 valence electrons. The van der Waals surface area contributed by atoms with Crippen LogP contribution in [0.1, 0.15) is 30.9 Å². The molecule has 3 heterocycles. The smallest absolute Gasteiger partial charge is 0.283 e. The molecule has 8 heteroatoms. The van der Waals surface area contributed by atoms with Crippen LogP contribution in [0, 0.1) is 5.41 Å². The Morgan fingerprint density at radius 1 is 1.16 bits per heavy atom. The van der Waals surface area contributed by atoms with E-state index in [0.29, 0.717) is 16.7 Å². The van der Waals surface area contributed by atoms with Gasteiger partial charge in [0.25, 0.3) is 5.91 Å². The van der Waals surface area contributed by atoms with E-state index in [4.69, 9.17) is 17.0 Å². The van der Waals surface area contributed by atoms with Crippen molar-refractivity contribution in [2.75, 3.05) is 0 Å². The maximum absolute atomic E-state index is 12.8. The number of amidine groups is 2. The van der Waals surface area contributed by atoms with Crippen molar-refractivity contribution in [2.45, 2.75) is 26.3 Å². The van der Waals surface area contributed by atoms with Gasteiger partial charge in [-0.3, -0.25) is 10.2 Å². The molecule has 2 aliphatic rings. The highest BCUT2D eigenvalue weighted by atomic mass is 35.5. The normalized spacial score (nSPS) is 17.2. The number of nitrogens with zero attached hydrogens (tertiary/aromatic N) is 4. The van der Waals surface area contributed by atoms with Crippen LogP contribution in [0.3, 0.4) is 0 Å². The average molecular weight is 462 g/mol. The number of para-hydroxylation sites is 1. The highest BCUT2D eigenvalue weighted by molar-refractivity contribution is 8.26. The number of hydrogen-bond donors (Lipinski definition) is 1. The Hall–Kier alpha value is -3.16. The Bertz CT molecular complexity index is 1350. The zero-order valence-electron chi connectivity index (χ0n) is 17.4. The number of benzene rings is 2. The zero-order chi connectivity index (χ0) is 22.2. The van der Waals surface area contributed by atoms with Crippen LogP contribution >= 0.6 is 23.4 Å². The summed E-state index contributed by atoms with van der Waals surface area (Å²) in [5, 5.41) is 17.6.